The van der Waals surface area contributed by atoms with Crippen LogP contribution in [0.2, 0.25) is 0 Å². The highest BCUT2D eigenvalue weighted by Gasteiger charge is 2.27. The van der Waals surface area contributed by atoms with Gasteiger partial charge in [-0.15, -0.1) is 21.5 Å². The van der Waals surface area contributed by atoms with E-state index in [2.05, 4.69) is 25.5 Å². The number of nitrogens with zero attached hydrogens (tertiary/aromatic N) is 4. The Bertz CT molecular complexity index is 1040. The zero-order chi connectivity index (χ0) is 21.2. The van der Waals surface area contributed by atoms with Crippen molar-refractivity contribution in [1.29, 1.82) is 0 Å². The molecule has 3 aromatic heterocycles. The van der Waals surface area contributed by atoms with Gasteiger partial charge in [-0.25, -0.2) is 14.8 Å². The van der Waals surface area contributed by atoms with Crippen LogP contribution in [0, 0.1) is 6.92 Å². The van der Waals surface area contributed by atoms with Crippen LogP contribution in [0.3, 0.4) is 0 Å². The average Bonchev–Trinajstić information content (AvgIpc) is 3.22. The molecular formula is C15H15F3N6O2S3. The van der Waals surface area contributed by atoms with Crippen LogP contribution < -0.4 is 11.1 Å². The number of carbonyl (C=O) groups is 1. The van der Waals surface area contributed by atoms with Crippen molar-refractivity contribution >= 4 is 61.6 Å². The van der Waals surface area contributed by atoms with E-state index in [0.717, 1.165) is 11.3 Å². The second-order valence-electron chi connectivity index (χ2n) is 5.61. The van der Waals surface area contributed by atoms with Gasteiger partial charge >= 0.3 is 12.1 Å². The summed E-state index contributed by atoms with van der Waals surface area (Å²) in [5, 5.41) is 10.4. The first-order valence-corrected chi connectivity index (χ1v) is 10.8. The maximum Gasteiger partial charge on any atom is 0.405 e. The predicted octanol–water partition coefficient (Wildman–Crippen LogP) is 3.88. The first-order chi connectivity index (χ1) is 13.7. The first-order valence-electron chi connectivity index (χ1n) is 8.17. The third-order valence-electron chi connectivity index (χ3n) is 3.50. The van der Waals surface area contributed by atoms with Crippen LogP contribution in [0.1, 0.15) is 28.0 Å². The summed E-state index contributed by atoms with van der Waals surface area (Å²) in [5.74, 6) is 0.520. The molecule has 0 fully saturated rings. The Labute approximate surface area is 175 Å². The number of nitrogen functional groups attached to an aromatic ring is 1. The van der Waals surface area contributed by atoms with Crippen LogP contribution in [0.5, 0.6) is 0 Å². The van der Waals surface area contributed by atoms with Crippen molar-refractivity contribution in [3.8, 4) is 0 Å². The van der Waals surface area contributed by atoms with E-state index in [9.17, 15) is 18.0 Å². The van der Waals surface area contributed by atoms with Crippen LogP contribution in [-0.2, 0) is 10.5 Å². The maximum absolute atomic E-state index is 12.2. The lowest BCUT2D eigenvalue weighted by atomic mass is 10.2. The summed E-state index contributed by atoms with van der Waals surface area (Å²) in [5.41, 5.74) is 6.72. The zero-order valence-corrected chi connectivity index (χ0v) is 17.6. The highest BCUT2D eigenvalue weighted by molar-refractivity contribution is 8.00. The van der Waals surface area contributed by atoms with Gasteiger partial charge < -0.3 is 15.8 Å². The molecule has 0 saturated carbocycles. The molecule has 0 bridgehead atoms. The van der Waals surface area contributed by atoms with Gasteiger partial charge in [-0.2, -0.15) is 13.2 Å². The van der Waals surface area contributed by atoms with Gasteiger partial charge in [-0.3, -0.25) is 0 Å². The largest absolute Gasteiger partial charge is 0.462 e. The molecule has 0 aliphatic heterocycles. The number of carbonyl (C=O) groups excluding carboxylic acids is 1. The van der Waals surface area contributed by atoms with E-state index in [1.165, 1.54) is 23.1 Å². The van der Waals surface area contributed by atoms with Gasteiger partial charge in [-0.05, 0) is 19.4 Å². The summed E-state index contributed by atoms with van der Waals surface area (Å²) in [7, 11) is 0. The molecule has 0 unspecified atom stereocenters. The Kier molecular flexibility index (Phi) is 6.43. The molecule has 0 aliphatic rings. The summed E-state index contributed by atoms with van der Waals surface area (Å²) in [6.07, 6.45) is -4.33. The summed E-state index contributed by atoms with van der Waals surface area (Å²) in [6, 6.07) is 0. The molecule has 0 aliphatic carbocycles. The van der Waals surface area contributed by atoms with E-state index in [0.29, 0.717) is 36.6 Å². The van der Waals surface area contributed by atoms with Crippen molar-refractivity contribution in [1.82, 2.24) is 20.2 Å². The van der Waals surface area contributed by atoms with Gasteiger partial charge in [0.15, 0.2) is 4.34 Å². The second kappa shape index (κ2) is 8.67. The number of thioether (sulfide) groups is 1. The topological polar surface area (TPSA) is 116 Å². The number of hydrogen-bond donors (Lipinski definition) is 2. The molecule has 0 radical (unpaired) electrons. The third-order valence-corrected chi connectivity index (χ3v) is 6.67. The smallest absolute Gasteiger partial charge is 0.405 e. The van der Waals surface area contributed by atoms with Crippen molar-refractivity contribution in [2.24, 2.45) is 0 Å². The van der Waals surface area contributed by atoms with Gasteiger partial charge in [0.25, 0.3) is 0 Å². The van der Waals surface area contributed by atoms with Crippen molar-refractivity contribution in [2.75, 3.05) is 24.2 Å². The lowest BCUT2D eigenvalue weighted by Gasteiger charge is -2.05. The van der Waals surface area contributed by atoms with Gasteiger partial charge in [0, 0.05) is 0 Å². The minimum absolute atomic E-state index is 0.0775. The first kappa shape index (κ1) is 21.5. The average molecular weight is 465 g/mol. The molecule has 29 heavy (non-hydrogen) atoms. The molecule has 0 atom stereocenters. The molecule has 8 nitrogen and oxygen atoms in total. The number of hydrogen-bond acceptors (Lipinski definition) is 11. The van der Waals surface area contributed by atoms with E-state index in [1.54, 1.807) is 13.8 Å². The normalized spacial score (nSPS) is 11.8. The molecule has 14 heteroatoms. The molecule has 156 valence electrons. The lowest BCUT2D eigenvalue weighted by Crippen LogP contribution is -2.21. The number of alkyl halides is 3. The number of anilines is 2. The Hall–Kier alpha value is -2.19. The predicted molar refractivity (Wildman–Crippen MR) is 107 cm³/mol. The van der Waals surface area contributed by atoms with Crippen molar-refractivity contribution in [3.63, 3.8) is 0 Å². The number of aromatic nitrogens is 4. The summed E-state index contributed by atoms with van der Waals surface area (Å²) < 4.78 is 42.2. The monoisotopic (exact) mass is 464 g/mol. The fourth-order valence-corrected chi connectivity index (χ4v) is 5.02. The number of esters is 1. The number of nitrogens with one attached hydrogen (secondary N) is 1. The minimum atomic E-state index is -4.33. The van der Waals surface area contributed by atoms with Crippen molar-refractivity contribution < 1.29 is 22.7 Å². The molecule has 3 aromatic rings. The molecule has 0 amide bonds. The molecule has 0 spiro atoms. The highest BCUT2D eigenvalue weighted by atomic mass is 32.2. The SMILES string of the molecule is CCOC(=O)c1sc2nc(CSc3nnc(NCC(F)(F)F)s3)nc(N)c2c1C. The summed E-state index contributed by atoms with van der Waals surface area (Å²) in [6.45, 7) is 2.57. The van der Waals surface area contributed by atoms with Gasteiger partial charge in [0.2, 0.25) is 5.13 Å². The van der Waals surface area contributed by atoms with E-state index in [-0.39, 0.29) is 17.6 Å². The quantitative estimate of drug-likeness (QED) is 0.397. The minimum Gasteiger partial charge on any atom is -0.462 e. The van der Waals surface area contributed by atoms with E-state index in [1.807, 2.05) is 0 Å². The Morgan fingerprint density at radius 1 is 1.28 bits per heavy atom. The number of fused-ring (bicyclic) bond motifs is 1. The third kappa shape index (κ3) is 5.25. The van der Waals surface area contributed by atoms with Gasteiger partial charge in [0.05, 0.1) is 17.7 Å². The fraction of sp³-hybridized carbons (Fsp3) is 0.400. The molecule has 3 rings (SSSR count). The number of nitrogens with two attached hydrogens (primary N) is 1. The maximum atomic E-state index is 12.2. The lowest BCUT2D eigenvalue weighted by molar-refractivity contribution is -0.115. The van der Waals surface area contributed by atoms with Crippen molar-refractivity contribution in [2.45, 2.75) is 30.1 Å². The summed E-state index contributed by atoms with van der Waals surface area (Å²) in [4.78, 5) is 21.8. The Morgan fingerprint density at radius 3 is 2.72 bits per heavy atom. The second-order valence-corrected chi connectivity index (χ2v) is 8.81. The molecule has 3 heterocycles. The fourth-order valence-electron chi connectivity index (χ4n) is 2.31. The highest BCUT2D eigenvalue weighted by Crippen LogP contribution is 2.34. The number of aryl methyl sites for hydroxylation is 1. The van der Waals surface area contributed by atoms with Gasteiger partial charge in [-0.1, -0.05) is 23.1 Å². The number of thiophene rings is 1. The number of ether oxygens (including phenoxy) is 1. The standard InChI is InChI=1S/C15H15F3N6O2S3/c1-3-26-12(25)9-6(2)8-10(19)21-7(22-11(8)28-9)4-27-14-24-23-13(29-14)20-5-15(16,17)18/h3-5H2,1-2H3,(H,20,23)(H2,19,21,22). The molecule has 3 N–H and O–H groups in total. The van der Waals surface area contributed by atoms with Crippen molar-refractivity contribution in [3.05, 3.63) is 16.3 Å². The molecule has 0 aromatic carbocycles. The van der Waals surface area contributed by atoms with Crippen LogP contribution in [0.15, 0.2) is 4.34 Å². The Balaban J connectivity index is 1.73. The Morgan fingerprint density at radius 2 is 2.03 bits per heavy atom. The molecular weight excluding hydrogens is 449 g/mol. The van der Waals surface area contributed by atoms with Crippen LogP contribution >= 0.6 is 34.4 Å². The number of halogens is 3. The van der Waals surface area contributed by atoms with Gasteiger partial charge in [0.1, 0.15) is 27.9 Å². The van der Waals surface area contributed by atoms with E-state index in [4.69, 9.17) is 10.5 Å². The summed E-state index contributed by atoms with van der Waals surface area (Å²) >= 11 is 3.41. The number of rotatable bonds is 7. The van der Waals surface area contributed by atoms with Crippen LogP contribution in [0.4, 0.5) is 24.1 Å². The van der Waals surface area contributed by atoms with Crippen LogP contribution in [0.25, 0.3) is 10.2 Å². The molecule has 0 saturated heterocycles. The van der Waals surface area contributed by atoms with Crippen LogP contribution in [-0.4, -0.2) is 45.5 Å². The van der Waals surface area contributed by atoms with E-state index < -0.39 is 18.7 Å². The zero-order valence-electron chi connectivity index (χ0n) is 15.2. The van der Waals surface area contributed by atoms with E-state index >= 15 is 0 Å².